The number of nitrogens with zero attached hydrogens (tertiary/aromatic N) is 3. The number of aromatic nitrogens is 1. The molecule has 0 aliphatic carbocycles. The van der Waals surface area contributed by atoms with Crippen molar-refractivity contribution in [3.8, 4) is 6.07 Å². The van der Waals surface area contributed by atoms with Crippen LogP contribution >= 0.6 is 0 Å². The molecule has 0 unspecified atom stereocenters. The Hall–Kier alpha value is -1.93. The van der Waals surface area contributed by atoms with Crippen LogP contribution in [0.2, 0.25) is 0 Å². The zero-order chi connectivity index (χ0) is 13.5. The van der Waals surface area contributed by atoms with Crippen molar-refractivity contribution in [2.24, 2.45) is 0 Å². The van der Waals surface area contributed by atoms with E-state index in [9.17, 15) is 4.79 Å². The van der Waals surface area contributed by atoms with Gasteiger partial charge >= 0.3 is 0 Å². The first-order valence-electron chi connectivity index (χ1n) is 5.92. The van der Waals surface area contributed by atoms with E-state index in [0.717, 1.165) is 0 Å². The lowest BCUT2D eigenvalue weighted by Crippen LogP contribution is -2.32. The third kappa shape index (κ3) is 3.28. The number of aryl methyl sites for hydroxylation is 1. The molecular weight excluding hydrogens is 230 g/mol. The van der Waals surface area contributed by atoms with E-state index in [2.05, 4.69) is 4.98 Å². The van der Waals surface area contributed by atoms with Crippen LogP contribution in [0.5, 0.6) is 0 Å². The summed E-state index contributed by atoms with van der Waals surface area (Å²) in [7, 11) is 0. The maximum absolute atomic E-state index is 12.1. The topological polar surface area (TPSA) is 77.2 Å². The van der Waals surface area contributed by atoms with Crippen LogP contribution in [-0.4, -0.2) is 40.6 Å². The van der Waals surface area contributed by atoms with Crippen molar-refractivity contribution in [3.63, 3.8) is 0 Å². The van der Waals surface area contributed by atoms with Gasteiger partial charge in [-0.1, -0.05) is 0 Å². The molecule has 0 radical (unpaired) electrons. The minimum atomic E-state index is -0.168. The van der Waals surface area contributed by atoms with Crippen molar-refractivity contribution in [2.45, 2.75) is 20.3 Å². The molecule has 1 rings (SSSR count). The van der Waals surface area contributed by atoms with Crippen LogP contribution in [0.3, 0.4) is 0 Å². The predicted octanol–water partition coefficient (Wildman–Crippen LogP) is 1.11. The third-order valence-electron chi connectivity index (χ3n) is 2.68. The minimum absolute atomic E-state index is 0.0591. The summed E-state index contributed by atoms with van der Waals surface area (Å²) in [6.45, 7) is 4.72. The highest BCUT2D eigenvalue weighted by Crippen LogP contribution is 2.08. The maximum atomic E-state index is 12.1. The normalized spacial score (nSPS) is 9.89. The molecule has 1 amide bonds. The molecule has 1 heterocycles. The summed E-state index contributed by atoms with van der Waals surface area (Å²) in [6, 6.07) is 5.19. The molecule has 5 heteroatoms. The molecule has 0 bridgehead atoms. The van der Waals surface area contributed by atoms with Gasteiger partial charge in [0.1, 0.15) is 11.8 Å². The number of amides is 1. The summed E-state index contributed by atoms with van der Waals surface area (Å²) in [6.07, 6.45) is 0.550. The van der Waals surface area contributed by atoms with E-state index in [1.54, 1.807) is 24.0 Å². The maximum Gasteiger partial charge on any atom is 0.272 e. The standard InChI is InChI=1S/C13H17N3O2/c1-3-16(7-4-8-17)13(18)12-6-5-11(9-14)10(2)15-12/h5-6,17H,3-4,7-8H2,1-2H3. The van der Waals surface area contributed by atoms with E-state index in [1.807, 2.05) is 13.0 Å². The molecule has 0 spiro atoms. The van der Waals surface area contributed by atoms with Crippen LogP contribution in [0, 0.1) is 18.3 Å². The predicted molar refractivity (Wildman–Crippen MR) is 67.0 cm³/mol. The SMILES string of the molecule is CCN(CCCO)C(=O)c1ccc(C#N)c(C)n1. The Kier molecular flexibility index (Phi) is 5.28. The van der Waals surface area contributed by atoms with Gasteiger partial charge in [-0.3, -0.25) is 4.79 Å². The summed E-state index contributed by atoms with van der Waals surface area (Å²) in [5, 5.41) is 17.6. The molecule has 0 aliphatic rings. The van der Waals surface area contributed by atoms with Crippen LogP contribution in [-0.2, 0) is 0 Å². The fraction of sp³-hybridized carbons (Fsp3) is 0.462. The molecule has 1 N–H and O–H groups in total. The van der Waals surface area contributed by atoms with Gasteiger partial charge in [-0.05, 0) is 32.4 Å². The van der Waals surface area contributed by atoms with E-state index in [4.69, 9.17) is 10.4 Å². The number of hydrogen-bond acceptors (Lipinski definition) is 4. The lowest BCUT2D eigenvalue weighted by molar-refractivity contribution is 0.0748. The van der Waals surface area contributed by atoms with Crippen LogP contribution < -0.4 is 0 Å². The molecule has 5 nitrogen and oxygen atoms in total. The fourth-order valence-corrected chi connectivity index (χ4v) is 1.63. The highest BCUT2D eigenvalue weighted by molar-refractivity contribution is 5.92. The number of carbonyl (C=O) groups excluding carboxylic acids is 1. The van der Waals surface area contributed by atoms with Gasteiger partial charge in [0, 0.05) is 19.7 Å². The Balaban J connectivity index is 2.89. The molecule has 0 fully saturated rings. The zero-order valence-electron chi connectivity index (χ0n) is 10.7. The zero-order valence-corrected chi connectivity index (χ0v) is 10.7. The number of hydrogen-bond donors (Lipinski definition) is 1. The van der Waals surface area contributed by atoms with Gasteiger partial charge in [0.15, 0.2) is 0 Å². The number of rotatable bonds is 5. The quantitative estimate of drug-likeness (QED) is 0.845. The summed E-state index contributed by atoms with van der Waals surface area (Å²) < 4.78 is 0. The van der Waals surface area contributed by atoms with E-state index < -0.39 is 0 Å². The van der Waals surface area contributed by atoms with Crippen LogP contribution in [0.25, 0.3) is 0 Å². The van der Waals surface area contributed by atoms with Gasteiger partial charge < -0.3 is 10.0 Å². The molecular formula is C13H17N3O2. The van der Waals surface area contributed by atoms with Gasteiger partial charge in [0.25, 0.3) is 5.91 Å². The second-order valence-electron chi connectivity index (χ2n) is 3.90. The number of carbonyl (C=O) groups is 1. The molecule has 0 atom stereocenters. The Morgan fingerprint density at radius 2 is 2.28 bits per heavy atom. The van der Waals surface area contributed by atoms with Crippen LogP contribution in [0.15, 0.2) is 12.1 Å². The second kappa shape index (κ2) is 6.72. The number of pyridine rings is 1. The molecule has 1 aromatic heterocycles. The minimum Gasteiger partial charge on any atom is -0.396 e. The molecule has 0 aromatic carbocycles. The smallest absolute Gasteiger partial charge is 0.272 e. The first kappa shape index (κ1) is 14.1. The monoisotopic (exact) mass is 247 g/mol. The van der Waals surface area contributed by atoms with Crippen molar-refractivity contribution in [2.75, 3.05) is 19.7 Å². The molecule has 0 aliphatic heterocycles. The first-order valence-corrected chi connectivity index (χ1v) is 5.92. The number of aliphatic hydroxyl groups excluding tert-OH is 1. The molecule has 18 heavy (non-hydrogen) atoms. The summed E-state index contributed by atoms with van der Waals surface area (Å²) in [5.41, 5.74) is 1.37. The lowest BCUT2D eigenvalue weighted by atomic mass is 10.2. The fourth-order valence-electron chi connectivity index (χ4n) is 1.63. The van der Waals surface area contributed by atoms with Crippen molar-refractivity contribution in [1.29, 1.82) is 5.26 Å². The van der Waals surface area contributed by atoms with Gasteiger partial charge in [-0.25, -0.2) is 4.98 Å². The average molecular weight is 247 g/mol. The number of aliphatic hydroxyl groups is 1. The van der Waals surface area contributed by atoms with Crippen molar-refractivity contribution < 1.29 is 9.90 Å². The van der Waals surface area contributed by atoms with E-state index >= 15 is 0 Å². The lowest BCUT2D eigenvalue weighted by Gasteiger charge is -2.20. The molecule has 1 aromatic rings. The third-order valence-corrected chi connectivity index (χ3v) is 2.68. The Morgan fingerprint density at radius 1 is 1.56 bits per heavy atom. The Labute approximate surface area is 107 Å². The van der Waals surface area contributed by atoms with Crippen molar-refractivity contribution >= 4 is 5.91 Å². The largest absolute Gasteiger partial charge is 0.396 e. The summed E-state index contributed by atoms with van der Waals surface area (Å²) in [4.78, 5) is 17.9. The Bertz CT molecular complexity index is 466. The van der Waals surface area contributed by atoms with Gasteiger partial charge in [-0.15, -0.1) is 0 Å². The van der Waals surface area contributed by atoms with E-state index in [-0.39, 0.29) is 12.5 Å². The highest BCUT2D eigenvalue weighted by Gasteiger charge is 2.15. The van der Waals surface area contributed by atoms with Crippen LogP contribution in [0.1, 0.15) is 35.1 Å². The summed E-state index contributed by atoms with van der Waals surface area (Å²) in [5.74, 6) is -0.168. The molecule has 0 saturated heterocycles. The van der Waals surface area contributed by atoms with Gasteiger partial charge in [0.05, 0.1) is 11.3 Å². The molecule has 0 saturated carbocycles. The van der Waals surface area contributed by atoms with Crippen molar-refractivity contribution in [3.05, 3.63) is 29.1 Å². The molecule has 96 valence electrons. The van der Waals surface area contributed by atoms with E-state index in [0.29, 0.717) is 36.5 Å². The highest BCUT2D eigenvalue weighted by atomic mass is 16.3. The van der Waals surface area contributed by atoms with Gasteiger partial charge in [-0.2, -0.15) is 5.26 Å². The van der Waals surface area contributed by atoms with Gasteiger partial charge in [0.2, 0.25) is 0 Å². The second-order valence-corrected chi connectivity index (χ2v) is 3.90. The number of nitriles is 1. The average Bonchev–Trinajstić information content (AvgIpc) is 2.39. The van der Waals surface area contributed by atoms with Crippen LogP contribution in [0.4, 0.5) is 0 Å². The Morgan fingerprint density at radius 3 is 2.78 bits per heavy atom. The first-order chi connectivity index (χ1) is 8.63. The van der Waals surface area contributed by atoms with Crippen molar-refractivity contribution in [1.82, 2.24) is 9.88 Å². The van der Waals surface area contributed by atoms with E-state index in [1.165, 1.54) is 0 Å². The summed E-state index contributed by atoms with van der Waals surface area (Å²) >= 11 is 0.